The lowest BCUT2D eigenvalue weighted by molar-refractivity contribution is 0.160. The third-order valence-corrected chi connectivity index (χ3v) is 7.07. The zero-order valence-corrected chi connectivity index (χ0v) is 18.7. The number of hydrazine groups is 2. The molecule has 1 unspecified atom stereocenters. The van der Waals surface area contributed by atoms with Crippen molar-refractivity contribution < 1.29 is 0 Å². The van der Waals surface area contributed by atoms with Gasteiger partial charge in [-0.1, -0.05) is 24.3 Å². The summed E-state index contributed by atoms with van der Waals surface area (Å²) in [5, 5.41) is 13.0. The van der Waals surface area contributed by atoms with Crippen LogP contribution in [0.2, 0.25) is 0 Å². The van der Waals surface area contributed by atoms with Crippen LogP contribution < -0.4 is 16.2 Å². The first-order valence-electron chi connectivity index (χ1n) is 11.5. The molecular weight excluding hydrogens is 396 g/mol. The standard InChI is InChI=1S/C26H30N6/c1-17-26-20-7-6-19(18-8-12-27-13-9-18)16-22(20)25(11-15-32(26)30-31(17)2)29-24-5-3-4-23-21(24)10-14-28-23/h3-8,10,14,16,25,27-30H,9,11-13,15H2,1-2H3. The summed E-state index contributed by atoms with van der Waals surface area (Å²) in [6, 6.07) is 15.9. The van der Waals surface area contributed by atoms with Crippen LogP contribution in [-0.4, -0.2) is 41.7 Å². The Kier molecular flexibility index (Phi) is 4.70. The number of nitrogens with one attached hydrogen (secondary N) is 4. The normalized spacial score (nSPS) is 20.8. The molecule has 0 radical (unpaired) electrons. The number of aromatic nitrogens is 1. The maximum absolute atomic E-state index is 3.91. The highest BCUT2D eigenvalue weighted by Crippen LogP contribution is 2.40. The van der Waals surface area contributed by atoms with Gasteiger partial charge >= 0.3 is 0 Å². The second-order valence-corrected chi connectivity index (χ2v) is 8.96. The van der Waals surface area contributed by atoms with Crippen LogP contribution in [0.1, 0.15) is 42.5 Å². The van der Waals surface area contributed by atoms with Crippen LogP contribution in [0.15, 0.2) is 60.4 Å². The van der Waals surface area contributed by atoms with E-state index in [0.29, 0.717) is 0 Å². The minimum atomic E-state index is 0.228. The van der Waals surface area contributed by atoms with Gasteiger partial charge in [0, 0.05) is 48.5 Å². The fourth-order valence-corrected chi connectivity index (χ4v) is 5.28. The largest absolute Gasteiger partial charge is 0.378 e. The van der Waals surface area contributed by atoms with Gasteiger partial charge in [-0.3, -0.25) is 10.0 Å². The number of aromatic amines is 1. The summed E-state index contributed by atoms with van der Waals surface area (Å²) in [7, 11) is 2.09. The second-order valence-electron chi connectivity index (χ2n) is 8.96. The summed E-state index contributed by atoms with van der Waals surface area (Å²) in [5.41, 5.74) is 13.9. The monoisotopic (exact) mass is 426 g/mol. The van der Waals surface area contributed by atoms with Gasteiger partial charge in [0.15, 0.2) is 0 Å². The van der Waals surface area contributed by atoms with Crippen molar-refractivity contribution >= 4 is 27.9 Å². The Bertz CT molecular complexity index is 1240. The van der Waals surface area contributed by atoms with Gasteiger partial charge in [-0.2, -0.15) is 0 Å². The van der Waals surface area contributed by atoms with E-state index in [9.17, 15) is 0 Å². The van der Waals surface area contributed by atoms with Crippen LogP contribution in [0, 0.1) is 0 Å². The Hall–Kier alpha value is -3.22. The second kappa shape index (κ2) is 7.73. The van der Waals surface area contributed by atoms with Crippen LogP contribution in [0.5, 0.6) is 0 Å². The lowest BCUT2D eigenvalue weighted by Crippen LogP contribution is -2.39. The molecule has 2 aromatic carbocycles. The average Bonchev–Trinajstić information content (AvgIpc) is 3.38. The molecule has 3 aliphatic rings. The molecule has 164 valence electrons. The number of anilines is 1. The van der Waals surface area contributed by atoms with Gasteiger partial charge in [-0.05, 0) is 67.3 Å². The molecule has 6 heteroatoms. The molecule has 32 heavy (non-hydrogen) atoms. The maximum atomic E-state index is 3.91. The van der Waals surface area contributed by atoms with E-state index in [1.165, 1.54) is 50.2 Å². The predicted octanol–water partition coefficient (Wildman–Crippen LogP) is 4.46. The topological polar surface area (TPSA) is 58.4 Å². The number of benzene rings is 2. The zero-order chi connectivity index (χ0) is 21.7. The molecule has 1 aromatic heterocycles. The summed E-state index contributed by atoms with van der Waals surface area (Å²) in [6.07, 6.45) is 6.45. The third kappa shape index (κ3) is 3.18. The third-order valence-electron chi connectivity index (χ3n) is 7.07. The van der Waals surface area contributed by atoms with Crippen molar-refractivity contribution in [1.82, 2.24) is 25.9 Å². The molecular formula is C26H30N6. The molecule has 0 saturated carbocycles. The zero-order valence-electron chi connectivity index (χ0n) is 18.7. The van der Waals surface area contributed by atoms with Crippen molar-refractivity contribution in [3.8, 4) is 0 Å². The summed E-state index contributed by atoms with van der Waals surface area (Å²) in [4.78, 5) is 3.34. The van der Waals surface area contributed by atoms with Crippen molar-refractivity contribution in [3.63, 3.8) is 0 Å². The lowest BCUT2D eigenvalue weighted by Gasteiger charge is -2.23. The number of fused-ring (bicyclic) bond motifs is 4. The van der Waals surface area contributed by atoms with Gasteiger partial charge in [-0.15, -0.1) is 5.53 Å². The summed E-state index contributed by atoms with van der Waals surface area (Å²) in [5.74, 6) is 0. The van der Waals surface area contributed by atoms with E-state index in [1.807, 2.05) is 6.20 Å². The van der Waals surface area contributed by atoms with Crippen molar-refractivity contribution in [2.75, 3.05) is 32.0 Å². The molecule has 3 aliphatic heterocycles. The Morgan fingerprint density at radius 2 is 2.06 bits per heavy atom. The SMILES string of the molecule is CC1=C2c3ccc(C4=CCNCC4)cc3C(Nc3cccc4[nH]ccc34)CCN2NN1C. The molecule has 4 N–H and O–H groups in total. The Balaban J connectivity index is 1.47. The molecule has 6 nitrogen and oxygen atoms in total. The Morgan fingerprint density at radius 3 is 2.94 bits per heavy atom. The van der Waals surface area contributed by atoms with E-state index >= 15 is 0 Å². The number of hydrogen-bond donors (Lipinski definition) is 4. The van der Waals surface area contributed by atoms with Crippen LogP contribution in [0.3, 0.4) is 0 Å². The molecule has 0 amide bonds. The van der Waals surface area contributed by atoms with E-state index < -0.39 is 0 Å². The first kappa shape index (κ1) is 19.5. The van der Waals surface area contributed by atoms with Crippen LogP contribution in [0.4, 0.5) is 5.69 Å². The van der Waals surface area contributed by atoms with E-state index in [0.717, 1.165) is 32.5 Å². The molecule has 0 saturated heterocycles. The number of nitrogens with zero attached hydrogens (tertiary/aromatic N) is 2. The molecule has 6 rings (SSSR count). The minimum Gasteiger partial charge on any atom is -0.378 e. The van der Waals surface area contributed by atoms with Gasteiger partial charge < -0.3 is 15.6 Å². The molecule has 0 fully saturated rings. The van der Waals surface area contributed by atoms with E-state index in [2.05, 4.69) is 93.7 Å². The smallest absolute Gasteiger partial charge is 0.0816 e. The number of allylic oxidation sites excluding steroid dienone is 1. The molecule has 3 aromatic rings. The first-order valence-corrected chi connectivity index (χ1v) is 11.5. The molecule has 4 heterocycles. The van der Waals surface area contributed by atoms with Crippen LogP contribution >= 0.6 is 0 Å². The van der Waals surface area contributed by atoms with Crippen molar-refractivity contribution in [2.45, 2.75) is 25.8 Å². The Labute approximate surface area is 188 Å². The average molecular weight is 427 g/mol. The van der Waals surface area contributed by atoms with Crippen LogP contribution in [0.25, 0.3) is 22.2 Å². The highest BCUT2D eigenvalue weighted by molar-refractivity contribution is 5.92. The number of H-pyrrole nitrogens is 1. The Morgan fingerprint density at radius 1 is 1.12 bits per heavy atom. The van der Waals surface area contributed by atoms with E-state index in [1.54, 1.807) is 0 Å². The van der Waals surface area contributed by atoms with Crippen molar-refractivity contribution in [3.05, 3.63) is 77.1 Å². The number of rotatable bonds is 3. The maximum Gasteiger partial charge on any atom is 0.0816 e. The molecule has 0 bridgehead atoms. The fraction of sp³-hybridized carbons (Fsp3) is 0.308. The van der Waals surface area contributed by atoms with Gasteiger partial charge in [0.05, 0.1) is 17.4 Å². The predicted molar refractivity (Wildman–Crippen MR) is 131 cm³/mol. The van der Waals surface area contributed by atoms with Gasteiger partial charge in [0.25, 0.3) is 0 Å². The molecule has 1 atom stereocenters. The van der Waals surface area contributed by atoms with Crippen molar-refractivity contribution in [1.29, 1.82) is 0 Å². The highest BCUT2D eigenvalue weighted by Gasteiger charge is 2.32. The number of hydrogen-bond acceptors (Lipinski definition) is 5. The first-order chi connectivity index (χ1) is 15.7. The quantitative estimate of drug-likeness (QED) is 0.498. The molecule has 0 spiro atoms. The fourth-order valence-electron chi connectivity index (χ4n) is 5.28. The van der Waals surface area contributed by atoms with E-state index in [4.69, 9.17) is 0 Å². The van der Waals surface area contributed by atoms with Crippen molar-refractivity contribution in [2.24, 2.45) is 0 Å². The summed E-state index contributed by atoms with van der Waals surface area (Å²) in [6.45, 7) is 5.14. The van der Waals surface area contributed by atoms with Gasteiger partial charge in [-0.25, -0.2) is 0 Å². The minimum absolute atomic E-state index is 0.228. The van der Waals surface area contributed by atoms with Gasteiger partial charge in [0.1, 0.15) is 0 Å². The molecule has 0 aliphatic carbocycles. The summed E-state index contributed by atoms with van der Waals surface area (Å²) >= 11 is 0. The van der Waals surface area contributed by atoms with Crippen LogP contribution in [-0.2, 0) is 0 Å². The summed E-state index contributed by atoms with van der Waals surface area (Å²) < 4.78 is 0. The van der Waals surface area contributed by atoms with Gasteiger partial charge in [0.2, 0.25) is 0 Å². The lowest BCUT2D eigenvalue weighted by atomic mass is 9.91. The highest BCUT2D eigenvalue weighted by atomic mass is 15.8. The van der Waals surface area contributed by atoms with E-state index in [-0.39, 0.29) is 6.04 Å².